The van der Waals surface area contributed by atoms with Crippen LogP contribution in [0, 0.1) is 13.8 Å². The molecule has 0 aliphatic rings. The van der Waals surface area contributed by atoms with Gasteiger partial charge in [-0.15, -0.1) is 0 Å². The lowest BCUT2D eigenvalue weighted by Crippen LogP contribution is -2.34. The molecule has 2 amide bonds. The number of urea groups is 1. The first-order valence-electron chi connectivity index (χ1n) is 8.07. The van der Waals surface area contributed by atoms with E-state index >= 15 is 0 Å². The Kier molecular flexibility index (Phi) is 5.09. The number of nitrogens with zero attached hydrogens (tertiary/aromatic N) is 2. The Balaban J connectivity index is 1.74. The van der Waals surface area contributed by atoms with Gasteiger partial charge in [-0.3, -0.25) is 10.3 Å². The Morgan fingerprint density at radius 3 is 2.60 bits per heavy atom. The third-order valence-corrected chi connectivity index (χ3v) is 3.78. The molecular weight excluding hydrogens is 316 g/mol. The van der Waals surface area contributed by atoms with Gasteiger partial charge in [0.25, 0.3) is 0 Å². The van der Waals surface area contributed by atoms with E-state index in [2.05, 4.69) is 45.0 Å². The molecule has 0 radical (unpaired) electrons. The smallest absolute Gasteiger partial charge is 0.321 e. The van der Waals surface area contributed by atoms with E-state index in [0.29, 0.717) is 18.0 Å². The zero-order valence-corrected chi connectivity index (χ0v) is 14.2. The number of hydrogen-bond donors (Lipinski definition) is 2. The molecule has 0 aliphatic carbocycles. The number of aryl methyl sites for hydroxylation is 2. The molecule has 1 atom stereocenters. The van der Waals surface area contributed by atoms with Gasteiger partial charge >= 0.3 is 6.03 Å². The summed E-state index contributed by atoms with van der Waals surface area (Å²) in [5.41, 5.74) is 3.12. The predicted molar refractivity (Wildman–Crippen MR) is 95.3 cm³/mol. The molecule has 2 N–H and O–H groups in total. The molecule has 1 aromatic carbocycles. The lowest BCUT2D eigenvalue weighted by molar-refractivity contribution is 0.248. The highest BCUT2D eigenvalue weighted by molar-refractivity contribution is 5.88. The van der Waals surface area contributed by atoms with Crippen LogP contribution in [0.1, 0.15) is 28.6 Å². The van der Waals surface area contributed by atoms with Gasteiger partial charge in [0.15, 0.2) is 5.82 Å². The minimum atomic E-state index is -0.351. The maximum Gasteiger partial charge on any atom is 0.321 e. The van der Waals surface area contributed by atoms with E-state index in [1.165, 1.54) is 5.56 Å². The maximum atomic E-state index is 12.3. The van der Waals surface area contributed by atoms with Crippen molar-refractivity contribution in [2.24, 2.45) is 0 Å². The van der Waals surface area contributed by atoms with Crippen LogP contribution in [0.15, 0.2) is 59.3 Å². The summed E-state index contributed by atoms with van der Waals surface area (Å²) in [4.78, 5) is 16.7. The van der Waals surface area contributed by atoms with Gasteiger partial charge in [0, 0.05) is 12.3 Å². The minimum absolute atomic E-state index is 0.253. The lowest BCUT2D eigenvalue weighted by Gasteiger charge is -2.18. The van der Waals surface area contributed by atoms with Crippen LogP contribution in [-0.2, 0) is 6.42 Å². The molecule has 0 saturated carbocycles. The Morgan fingerprint density at radius 2 is 1.96 bits per heavy atom. The van der Waals surface area contributed by atoms with Crippen LogP contribution in [0.4, 0.5) is 10.6 Å². The lowest BCUT2D eigenvalue weighted by atomic mass is 10.0. The van der Waals surface area contributed by atoms with Crippen LogP contribution in [0.2, 0.25) is 0 Å². The molecule has 25 heavy (non-hydrogen) atoms. The first kappa shape index (κ1) is 16.7. The summed E-state index contributed by atoms with van der Waals surface area (Å²) in [5, 5.41) is 9.40. The van der Waals surface area contributed by atoms with Gasteiger partial charge in [-0.1, -0.05) is 41.1 Å². The standard InChI is InChI=1S/C19H20N4O2/c1-13-6-8-15(9-7-13)12-17(16-5-3-4-10-20-16)21-19(24)22-18-11-14(2)25-23-18/h3-11,17H,12H2,1-2H3,(H2,21,22,23,24). The average molecular weight is 336 g/mol. The fourth-order valence-electron chi connectivity index (χ4n) is 2.51. The number of hydrogen-bond acceptors (Lipinski definition) is 4. The molecule has 2 heterocycles. The van der Waals surface area contributed by atoms with Gasteiger partial charge in [0.1, 0.15) is 5.76 Å². The van der Waals surface area contributed by atoms with Crippen molar-refractivity contribution in [1.29, 1.82) is 0 Å². The van der Waals surface area contributed by atoms with Gasteiger partial charge in [-0.2, -0.15) is 0 Å². The molecule has 6 nitrogen and oxygen atoms in total. The van der Waals surface area contributed by atoms with E-state index in [-0.39, 0.29) is 12.1 Å². The number of carbonyl (C=O) groups is 1. The third-order valence-electron chi connectivity index (χ3n) is 3.78. The molecular formula is C19H20N4O2. The van der Waals surface area contributed by atoms with Gasteiger partial charge < -0.3 is 9.84 Å². The molecule has 3 aromatic rings. The van der Waals surface area contributed by atoms with Crippen molar-refractivity contribution < 1.29 is 9.32 Å². The van der Waals surface area contributed by atoms with Gasteiger partial charge in [0.2, 0.25) is 0 Å². The van der Waals surface area contributed by atoms with Crippen LogP contribution >= 0.6 is 0 Å². The van der Waals surface area contributed by atoms with E-state index in [1.807, 2.05) is 25.1 Å². The number of pyridine rings is 1. The van der Waals surface area contributed by atoms with Crippen LogP contribution in [0.25, 0.3) is 0 Å². The van der Waals surface area contributed by atoms with Crippen LogP contribution < -0.4 is 10.6 Å². The normalized spacial score (nSPS) is 11.8. The van der Waals surface area contributed by atoms with Gasteiger partial charge in [-0.05, 0) is 38.0 Å². The van der Waals surface area contributed by atoms with Crippen molar-refractivity contribution in [3.8, 4) is 0 Å². The highest BCUT2D eigenvalue weighted by Gasteiger charge is 2.17. The summed E-state index contributed by atoms with van der Waals surface area (Å²) in [7, 11) is 0. The fourth-order valence-corrected chi connectivity index (χ4v) is 2.51. The molecule has 128 valence electrons. The highest BCUT2D eigenvalue weighted by atomic mass is 16.5. The zero-order chi connectivity index (χ0) is 17.6. The predicted octanol–water partition coefficient (Wildman–Crippen LogP) is 3.79. The molecule has 0 spiro atoms. The van der Waals surface area contributed by atoms with Crippen molar-refractivity contribution in [3.63, 3.8) is 0 Å². The first-order valence-corrected chi connectivity index (χ1v) is 8.07. The van der Waals surface area contributed by atoms with E-state index in [4.69, 9.17) is 4.52 Å². The fraction of sp³-hybridized carbons (Fsp3) is 0.211. The van der Waals surface area contributed by atoms with Gasteiger partial charge in [0.05, 0.1) is 11.7 Å². The molecule has 0 saturated heterocycles. The Labute approximate surface area is 146 Å². The summed E-state index contributed by atoms with van der Waals surface area (Å²) in [6.07, 6.45) is 2.36. The summed E-state index contributed by atoms with van der Waals surface area (Å²) in [5.74, 6) is 1.02. The van der Waals surface area contributed by atoms with E-state index in [0.717, 1.165) is 11.3 Å². The molecule has 1 unspecified atom stereocenters. The van der Waals surface area contributed by atoms with Crippen LogP contribution in [0.5, 0.6) is 0 Å². The Bertz CT molecular complexity index is 828. The minimum Gasteiger partial charge on any atom is -0.360 e. The molecule has 0 aliphatic heterocycles. The topological polar surface area (TPSA) is 80.0 Å². The van der Waals surface area contributed by atoms with E-state index in [9.17, 15) is 4.79 Å². The molecule has 0 fully saturated rings. The monoisotopic (exact) mass is 336 g/mol. The highest BCUT2D eigenvalue weighted by Crippen LogP contribution is 2.17. The summed E-state index contributed by atoms with van der Waals surface area (Å²) < 4.78 is 4.96. The summed E-state index contributed by atoms with van der Waals surface area (Å²) in [6.45, 7) is 3.82. The Hall–Kier alpha value is -3.15. The molecule has 3 rings (SSSR count). The number of nitrogens with one attached hydrogen (secondary N) is 2. The van der Waals surface area contributed by atoms with Crippen molar-refractivity contribution >= 4 is 11.8 Å². The van der Waals surface area contributed by atoms with E-state index < -0.39 is 0 Å². The molecule has 6 heteroatoms. The quantitative estimate of drug-likeness (QED) is 0.743. The number of aromatic nitrogens is 2. The summed E-state index contributed by atoms with van der Waals surface area (Å²) >= 11 is 0. The SMILES string of the molecule is Cc1ccc(CC(NC(=O)Nc2cc(C)on2)c2ccccn2)cc1. The second-order valence-corrected chi connectivity index (χ2v) is 5.92. The van der Waals surface area contributed by atoms with Crippen molar-refractivity contribution in [2.75, 3.05) is 5.32 Å². The second kappa shape index (κ2) is 7.61. The third kappa shape index (κ3) is 4.67. The van der Waals surface area contributed by atoms with Crippen molar-refractivity contribution in [3.05, 3.63) is 77.3 Å². The van der Waals surface area contributed by atoms with E-state index in [1.54, 1.807) is 19.2 Å². The van der Waals surface area contributed by atoms with Crippen LogP contribution in [0.3, 0.4) is 0 Å². The number of rotatable bonds is 5. The number of anilines is 1. The summed E-state index contributed by atoms with van der Waals surface area (Å²) in [6, 6.07) is 15.0. The van der Waals surface area contributed by atoms with Crippen molar-refractivity contribution in [2.45, 2.75) is 26.3 Å². The Morgan fingerprint density at radius 1 is 1.16 bits per heavy atom. The molecule has 0 bridgehead atoms. The molecule has 2 aromatic heterocycles. The van der Waals surface area contributed by atoms with Crippen LogP contribution in [-0.4, -0.2) is 16.2 Å². The number of amides is 2. The zero-order valence-electron chi connectivity index (χ0n) is 14.2. The average Bonchev–Trinajstić information content (AvgIpc) is 3.01. The second-order valence-electron chi connectivity index (χ2n) is 5.92. The maximum absolute atomic E-state index is 12.3. The van der Waals surface area contributed by atoms with Gasteiger partial charge in [-0.25, -0.2) is 4.79 Å². The number of benzene rings is 1. The first-order chi connectivity index (χ1) is 12.1. The largest absolute Gasteiger partial charge is 0.360 e. The number of carbonyl (C=O) groups excluding carboxylic acids is 1. The van der Waals surface area contributed by atoms with Crippen molar-refractivity contribution in [1.82, 2.24) is 15.5 Å².